The zero-order chi connectivity index (χ0) is 23.3. The van der Waals surface area contributed by atoms with Gasteiger partial charge in [0.2, 0.25) is 0 Å². The average molecular weight is 449 g/mol. The van der Waals surface area contributed by atoms with Crippen LogP contribution in [0.3, 0.4) is 0 Å². The Morgan fingerprint density at radius 1 is 0.806 bits per heavy atom. The molecule has 0 unspecified atom stereocenters. The van der Waals surface area contributed by atoms with Gasteiger partial charge >= 0.3 is 22.1 Å². The number of hydrogen-bond acceptors (Lipinski definition) is 7. The number of anilines is 2. The lowest BCUT2D eigenvalue weighted by Crippen LogP contribution is -2.37. The van der Waals surface area contributed by atoms with Gasteiger partial charge in [-0.1, -0.05) is 0 Å². The van der Waals surface area contributed by atoms with Crippen LogP contribution in [0.5, 0.6) is 0 Å². The summed E-state index contributed by atoms with van der Waals surface area (Å²) >= 11 is 0. The number of nitrogens with one attached hydrogen (secondary N) is 1. The number of nitrogens with zero attached hydrogens (tertiary/aromatic N) is 2. The topological polar surface area (TPSA) is 122 Å². The zero-order valence-electron chi connectivity index (χ0n) is 17.7. The van der Waals surface area contributed by atoms with E-state index in [1.165, 1.54) is 77.8 Å². The van der Waals surface area contributed by atoms with E-state index in [2.05, 4.69) is 14.8 Å². The lowest BCUT2D eigenvalue weighted by molar-refractivity contribution is 0.0598. The first-order chi connectivity index (χ1) is 14.5. The van der Waals surface area contributed by atoms with Crippen LogP contribution in [0.1, 0.15) is 31.1 Å². The third-order valence-electron chi connectivity index (χ3n) is 4.33. The van der Waals surface area contributed by atoms with E-state index in [4.69, 9.17) is 0 Å². The highest BCUT2D eigenvalue weighted by Crippen LogP contribution is 2.21. The summed E-state index contributed by atoms with van der Waals surface area (Å²) in [7, 11) is 2.96. The fourth-order valence-electron chi connectivity index (χ4n) is 2.58. The van der Waals surface area contributed by atoms with Gasteiger partial charge in [-0.05, 0) is 42.5 Å². The summed E-state index contributed by atoms with van der Waals surface area (Å²) in [5.41, 5.74) is 0.913. The molecule has 0 bridgehead atoms. The standard InChI is InChI=1S/C20H23N3O7S/c1-22(2)31(27,28)23(3)17-8-6-13(7-9-17)18(24)21-16-11-14(19(25)29-4)10-15(12-16)20(26)30-5/h6-12H,1-5H3,(H,21,24). The van der Waals surface area contributed by atoms with Gasteiger partial charge in [0.25, 0.3) is 5.91 Å². The molecule has 1 amide bonds. The third-order valence-corrected chi connectivity index (χ3v) is 6.16. The van der Waals surface area contributed by atoms with Crippen LogP contribution < -0.4 is 9.62 Å². The van der Waals surface area contributed by atoms with Crippen molar-refractivity contribution in [3.63, 3.8) is 0 Å². The molecule has 0 radical (unpaired) electrons. The molecule has 0 aromatic heterocycles. The van der Waals surface area contributed by atoms with Gasteiger partial charge in [0.05, 0.1) is 31.0 Å². The number of methoxy groups -OCH3 is 2. The highest BCUT2D eigenvalue weighted by atomic mass is 32.2. The van der Waals surface area contributed by atoms with Crippen LogP contribution in [-0.4, -0.2) is 65.9 Å². The molecule has 0 atom stereocenters. The monoisotopic (exact) mass is 449 g/mol. The molecule has 1 N–H and O–H groups in total. The van der Waals surface area contributed by atoms with Gasteiger partial charge in [-0.3, -0.25) is 9.10 Å². The second kappa shape index (κ2) is 9.58. The quantitative estimate of drug-likeness (QED) is 0.639. The largest absolute Gasteiger partial charge is 0.465 e. The Hall–Kier alpha value is -3.44. The van der Waals surface area contributed by atoms with E-state index in [9.17, 15) is 22.8 Å². The van der Waals surface area contributed by atoms with Crippen molar-refractivity contribution >= 4 is 39.4 Å². The van der Waals surface area contributed by atoms with E-state index in [1.807, 2.05) is 0 Å². The Labute approximate surface area is 180 Å². The number of rotatable bonds is 7. The molecule has 0 aliphatic heterocycles. The van der Waals surface area contributed by atoms with Crippen LogP contribution in [0.25, 0.3) is 0 Å². The van der Waals surface area contributed by atoms with Gasteiger partial charge in [0, 0.05) is 32.4 Å². The van der Waals surface area contributed by atoms with E-state index < -0.39 is 28.1 Å². The average Bonchev–Trinajstić information content (AvgIpc) is 2.76. The van der Waals surface area contributed by atoms with E-state index in [-0.39, 0.29) is 22.4 Å². The van der Waals surface area contributed by atoms with E-state index in [0.717, 1.165) is 8.61 Å². The molecule has 0 heterocycles. The minimum atomic E-state index is -3.66. The van der Waals surface area contributed by atoms with Crippen LogP contribution in [-0.2, 0) is 19.7 Å². The Bertz CT molecular complexity index is 1060. The van der Waals surface area contributed by atoms with Gasteiger partial charge in [-0.15, -0.1) is 0 Å². The van der Waals surface area contributed by atoms with E-state index in [1.54, 1.807) is 0 Å². The molecule has 31 heavy (non-hydrogen) atoms. The first kappa shape index (κ1) is 23.8. The summed E-state index contributed by atoms with van der Waals surface area (Å²) in [5, 5.41) is 2.60. The van der Waals surface area contributed by atoms with Crippen molar-refractivity contribution in [2.24, 2.45) is 0 Å². The molecule has 0 saturated heterocycles. The summed E-state index contributed by atoms with van der Waals surface area (Å²) in [6, 6.07) is 9.91. The summed E-state index contributed by atoms with van der Waals surface area (Å²) in [5.74, 6) is -1.89. The highest BCUT2D eigenvalue weighted by Gasteiger charge is 2.21. The van der Waals surface area contributed by atoms with Gasteiger partial charge in [0.15, 0.2) is 0 Å². The van der Waals surface area contributed by atoms with Crippen LogP contribution in [0.15, 0.2) is 42.5 Å². The van der Waals surface area contributed by atoms with E-state index >= 15 is 0 Å². The van der Waals surface area contributed by atoms with Crippen molar-refractivity contribution in [2.75, 3.05) is 45.0 Å². The number of esters is 2. The second-order valence-corrected chi connectivity index (χ2v) is 8.71. The van der Waals surface area contributed by atoms with Crippen molar-refractivity contribution in [3.05, 3.63) is 59.2 Å². The smallest absolute Gasteiger partial charge is 0.337 e. The highest BCUT2D eigenvalue weighted by molar-refractivity contribution is 7.90. The maximum Gasteiger partial charge on any atom is 0.337 e. The van der Waals surface area contributed by atoms with Crippen molar-refractivity contribution in [1.82, 2.24) is 4.31 Å². The number of ether oxygens (including phenoxy) is 2. The molecule has 0 spiro atoms. The Morgan fingerprint density at radius 2 is 1.29 bits per heavy atom. The third kappa shape index (κ3) is 5.38. The van der Waals surface area contributed by atoms with Crippen LogP contribution in [0.4, 0.5) is 11.4 Å². The molecule has 166 valence electrons. The number of carbonyl (C=O) groups is 3. The fourth-order valence-corrected chi connectivity index (χ4v) is 3.45. The maximum absolute atomic E-state index is 12.6. The predicted octanol–water partition coefficient (Wildman–Crippen LogP) is 1.75. The predicted molar refractivity (Wildman–Crippen MR) is 115 cm³/mol. The Balaban J connectivity index is 2.29. The second-order valence-electron chi connectivity index (χ2n) is 6.54. The van der Waals surface area contributed by atoms with Crippen molar-refractivity contribution in [2.45, 2.75) is 0 Å². The SMILES string of the molecule is COC(=O)c1cc(NC(=O)c2ccc(N(C)S(=O)(=O)N(C)C)cc2)cc(C(=O)OC)c1. The summed E-state index contributed by atoms with van der Waals surface area (Å²) < 4.78 is 35.9. The lowest BCUT2D eigenvalue weighted by Gasteiger charge is -2.23. The van der Waals surface area contributed by atoms with Gasteiger partial charge < -0.3 is 14.8 Å². The van der Waals surface area contributed by atoms with Crippen molar-refractivity contribution in [1.29, 1.82) is 0 Å². The molecule has 11 heteroatoms. The normalized spacial score (nSPS) is 11.0. The molecule has 0 aliphatic carbocycles. The minimum Gasteiger partial charge on any atom is -0.465 e. The maximum atomic E-state index is 12.6. The van der Waals surface area contributed by atoms with Gasteiger partial charge in [-0.2, -0.15) is 12.7 Å². The molecule has 0 aliphatic rings. The first-order valence-electron chi connectivity index (χ1n) is 8.90. The molecule has 0 saturated carbocycles. The summed E-state index contributed by atoms with van der Waals surface area (Å²) in [6.45, 7) is 0. The van der Waals surface area contributed by atoms with E-state index in [0.29, 0.717) is 5.69 Å². The molecule has 0 fully saturated rings. The van der Waals surface area contributed by atoms with Gasteiger partial charge in [-0.25, -0.2) is 9.59 Å². The van der Waals surface area contributed by atoms with Crippen molar-refractivity contribution in [3.8, 4) is 0 Å². The molecular weight excluding hydrogens is 426 g/mol. The Kier molecular flexibility index (Phi) is 7.37. The zero-order valence-corrected chi connectivity index (χ0v) is 18.5. The number of carbonyl (C=O) groups excluding carboxylic acids is 3. The molecule has 2 aromatic rings. The lowest BCUT2D eigenvalue weighted by atomic mass is 10.1. The minimum absolute atomic E-state index is 0.0616. The van der Waals surface area contributed by atoms with Crippen LogP contribution in [0.2, 0.25) is 0 Å². The summed E-state index contributed by atoms with van der Waals surface area (Å²) in [4.78, 5) is 36.4. The van der Waals surface area contributed by atoms with Crippen molar-refractivity contribution < 1.29 is 32.3 Å². The molecule has 2 aromatic carbocycles. The van der Waals surface area contributed by atoms with Gasteiger partial charge in [0.1, 0.15) is 0 Å². The number of amides is 1. The first-order valence-corrected chi connectivity index (χ1v) is 10.3. The number of benzene rings is 2. The molecule has 2 rings (SSSR count). The Morgan fingerprint density at radius 3 is 1.71 bits per heavy atom. The fraction of sp³-hybridized carbons (Fsp3) is 0.250. The molecular formula is C20H23N3O7S. The number of hydrogen-bond donors (Lipinski definition) is 1. The van der Waals surface area contributed by atoms with Crippen LogP contribution in [0, 0.1) is 0 Å². The summed E-state index contributed by atoms with van der Waals surface area (Å²) in [6.07, 6.45) is 0. The molecule has 10 nitrogen and oxygen atoms in total. The van der Waals surface area contributed by atoms with Crippen LogP contribution >= 0.6 is 0 Å².